The SMILES string of the molecule is Cc1nc(C)c(CNCc2ccccc2F)s1. The Morgan fingerprint density at radius 1 is 1.24 bits per heavy atom. The molecule has 4 heteroatoms. The molecule has 0 spiro atoms. The lowest BCUT2D eigenvalue weighted by Gasteiger charge is -2.04. The molecule has 1 aromatic carbocycles. The van der Waals surface area contributed by atoms with E-state index in [9.17, 15) is 4.39 Å². The molecule has 1 heterocycles. The second-order valence-corrected chi connectivity index (χ2v) is 5.22. The zero-order valence-electron chi connectivity index (χ0n) is 9.96. The Labute approximate surface area is 105 Å². The summed E-state index contributed by atoms with van der Waals surface area (Å²) in [5.41, 5.74) is 1.76. The maximum atomic E-state index is 13.3. The fraction of sp³-hybridized carbons (Fsp3) is 0.308. The lowest BCUT2D eigenvalue weighted by molar-refractivity contribution is 0.588. The van der Waals surface area contributed by atoms with Crippen molar-refractivity contribution in [2.75, 3.05) is 0 Å². The molecule has 2 aromatic rings. The van der Waals surface area contributed by atoms with Crippen LogP contribution in [0.15, 0.2) is 24.3 Å². The lowest BCUT2D eigenvalue weighted by atomic mass is 10.2. The first-order valence-corrected chi connectivity index (χ1v) is 6.35. The van der Waals surface area contributed by atoms with E-state index >= 15 is 0 Å². The van der Waals surface area contributed by atoms with Gasteiger partial charge >= 0.3 is 0 Å². The third-order valence-corrected chi connectivity index (χ3v) is 3.63. The normalized spacial score (nSPS) is 10.8. The minimum Gasteiger partial charge on any atom is -0.308 e. The van der Waals surface area contributed by atoms with E-state index in [1.165, 1.54) is 10.9 Å². The molecule has 0 bridgehead atoms. The second kappa shape index (κ2) is 5.38. The third kappa shape index (κ3) is 3.11. The van der Waals surface area contributed by atoms with Crippen molar-refractivity contribution in [3.63, 3.8) is 0 Å². The van der Waals surface area contributed by atoms with E-state index in [2.05, 4.69) is 10.3 Å². The first-order chi connectivity index (χ1) is 8.16. The molecule has 0 unspecified atom stereocenters. The zero-order valence-corrected chi connectivity index (χ0v) is 10.8. The van der Waals surface area contributed by atoms with E-state index in [1.807, 2.05) is 19.9 Å². The first-order valence-electron chi connectivity index (χ1n) is 5.54. The molecule has 2 rings (SSSR count). The predicted octanol–water partition coefficient (Wildman–Crippen LogP) is 3.19. The van der Waals surface area contributed by atoms with Gasteiger partial charge in [-0.25, -0.2) is 9.37 Å². The summed E-state index contributed by atoms with van der Waals surface area (Å²) in [6.07, 6.45) is 0. The lowest BCUT2D eigenvalue weighted by Crippen LogP contribution is -2.13. The van der Waals surface area contributed by atoms with Crippen LogP contribution < -0.4 is 5.32 Å². The number of benzene rings is 1. The van der Waals surface area contributed by atoms with Gasteiger partial charge in [-0.15, -0.1) is 11.3 Å². The molecular formula is C13H15FN2S. The van der Waals surface area contributed by atoms with Gasteiger partial charge in [0.25, 0.3) is 0 Å². The summed E-state index contributed by atoms with van der Waals surface area (Å²) in [6.45, 7) is 5.29. The molecule has 0 radical (unpaired) electrons. The van der Waals surface area contributed by atoms with Crippen molar-refractivity contribution in [3.05, 3.63) is 51.2 Å². The van der Waals surface area contributed by atoms with Crippen LogP contribution in [-0.4, -0.2) is 4.98 Å². The van der Waals surface area contributed by atoms with E-state index in [4.69, 9.17) is 0 Å². The van der Waals surface area contributed by atoms with Crippen LogP contribution in [0.3, 0.4) is 0 Å². The minimum atomic E-state index is -0.155. The molecule has 0 aliphatic carbocycles. The van der Waals surface area contributed by atoms with Gasteiger partial charge in [0.1, 0.15) is 5.82 Å². The molecule has 0 saturated heterocycles. The van der Waals surface area contributed by atoms with Gasteiger partial charge in [-0.05, 0) is 19.9 Å². The number of rotatable bonds is 4. The van der Waals surface area contributed by atoms with Crippen molar-refractivity contribution in [2.45, 2.75) is 26.9 Å². The summed E-state index contributed by atoms with van der Waals surface area (Å²) in [4.78, 5) is 5.58. The van der Waals surface area contributed by atoms with E-state index < -0.39 is 0 Å². The van der Waals surface area contributed by atoms with Crippen LogP contribution in [0.25, 0.3) is 0 Å². The molecular weight excluding hydrogens is 235 g/mol. The van der Waals surface area contributed by atoms with Crippen molar-refractivity contribution in [1.82, 2.24) is 10.3 Å². The highest BCUT2D eigenvalue weighted by Crippen LogP contribution is 2.16. The molecule has 0 atom stereocenters. The summed E-state index contributed by atoms with van der Waals surface area (Å²) in [5, 5.41) is 4.32. The van der Waals surface area contributed by atoms with Crippen LogP contribution in [0.1, 0.15) is 21.1 Å². The van der Waals surface area contributed by atoms with Crippen LogP contribution in [0, 0.1) is 19.7 Å². The highest BCUT2D eigenvalue weighted by atomic mass is 32.1. The average molecular weight is 250 g/mol. The van der Waals surface area contributed by atoms with Crippen LogP contribution in [0.2, 0.25) is 0 Å². The number of nitrogens with zero attached hydrogens (tertiary/aromatic N) is 1. The minimum absolute atomic E-state index is 0.155. The van der Waals surface area contributed by atoms with Gasteiger partial charge in [0.2, 0.25) is 0 Å². The van der Waals surface area contributed by atoms with E-state index in [0.29, 0.717) is 12.1 Å². The molecule has 2 nitrogen and oxygen atoms in total. The smallest absolute Gasteiger partial charge is 0.127 e. The Bertz CT molecular complexity index is 508. The number of hydrogen-bond donors (Lipinski definition) is 1. The van der Waals surface area contributed by atoms with Crippen LogP contribution in [-0.2, 0) is 13.1 Å². The second-order valence-electron chi connectivity index (χ2n) is 3.94. The molecule has 0 saturated carbocycles. The van der Waals surface area contributed by atoms with Gasteiger partial charge in [-0.1, -0.05) is 18.2 Å². The zero-order chi connectivity index (χ0) is 12.3. The van der Waals surface area contributed by atoms with E-state index in [-0.39, 0.29) is 5.82 Å². The summed E-state index contributed by atoms with van der Waals surface area (Å²) >= 11 is 1.69. The number of nitrogens with one attached hydrogen (secondary N) is 1. The molecule has 0 fully saturated rings. The molecule has 0 aliphatic rings. The summed E-state index contributed by atoms with van der Waals surface area (Å²) in [7, 11) is 0. The van der Waals surface area contributed by atoms with Gasteiger partial charge in [-0.3, -0.25) is 0 Å². The van der Waals surface area contributed by atoms with Crippen molar-refractivity contribution in [2.24, 2.45) is 0 Å². The molecule has 17 heavy (non-hydrogen) atoms. The van der Waals surface area contributed by atoms with Crippen molar-refractivity contribution in [3.8, 4) is 0 Å². The summed E-state index contributed by atoms with van der Waals surface area (Å²) in [5.74, 6) is -0.155. The maximum absolute atomic E-state index is 13.3. The van der Waals surface area contributed by atoms with Gasteiger partial charge in [0.05, 0.1) is 10.7 Å². The van der Waals surface area contributed by atoms with Crippen molar-refractivity contribution < 1.29 is 4.39 Å². The monoisotopic (exact) mass is 250 g/mol. The first kappa shape index (κ1) is 12.2. The maximum Gasteiger partial charge on any atom is 0.127 e. The fourth-order valence-corrected chi connectivity index (χ4v) is 2.60. The van der Waals surface area contributed by atoms with Crippen LogP contribution in [0.4, 0.5) is 4.39 Å². The van der Waals surface area contributed by atoms with Gasteiger partial charge in [0, 0.05) is 23.5 Å². The summed E-state index contributed by atoms with van der Waals surface area (Å²) < 4.78 is 13.3. The molecule has 0 aliphatic heterocycles. The van der Waals surface area contributed by atoms with Crippen LogP contribution >= 0.6 is 11.3 Å². The number of aromatic nitrogens is 1. The van der Waals surface area contributed by atoms with Crippen molar-refractivity contribution >= 4 is 11.3 Å². The number of aryl methyl sites for hydroxylation is 2. The number of halogens is 1. The standard InChI is InChI=1S/C13H15FN2S/c1-9-13(17-10(2)16-9)8-15-7-11-5-3-4-6-12(11)14/h3-6,15H,7-8H2,1-2H3. The Balaban J connectivity index is 1.92. The van der Waals surface area contributed by atoms with E-state index in [0.717, 1.165) is 17.2 Å². The quantitative estimate of drug-likeness (QED) is 0.901. The Morgan fingerprint density at radius 2 is 2.00 bits per heavy atom. The predicted molar refractivity (Wildman–Crippen MR) is 68.5 cm³/mol. The average Bonchev–Trinajstić information content (AvgIpc) is 2.60. The van der Waals surface area contributed by atoms with Crippen LogP contribution in [0.5, 0.6) is 0 Å². The largest absolute Gasteiger partial charge is 0.308 e. The van der Waals surface area contributed by atoms with Gasteiger partial charge < -0.3 is 5.32 Å². The Hall–Kier alpha value is -1.26. The topological polar surface area (TPSA) is 24.9 Å². The number of thiazole rings is 1. The van der Waals surface area contributed by atoms with Crippen molar-refractivity contribution in [1.29, 1.82) is 0 Å². The molecule has 1 aromatic heterocycles. The third-order valence-electron chi connectivity index (χ3n) is 2.56. The Kier molecular flexibility index (Phi) is 3.86. The number of hydrogen-bond acceptors (Lipinski definition) is 3. The summed E-state index contributed by atoms with van der Waals surface area (Å²) in [6, 6.07) is 6.84. The Morgan fingerprint density at radius 3 is 2.65 bits per heavy atom. The molecule has 1 N–H and O–H groups in total. The highest BCUT2D eigenvalue weighted by Gasteiger charge is 2.05. The molecule has 0 amide bonds. The van der Waals surface area contributed by atoms with E-state index in [1.54, 1.807) is 23.5 Å². The molecule has 90 valence electrons. The fourth-order valence-electron chi connectivity index (χ4n) is 1.69. The highest BCUT2D eigenvalue weighted by molar-refractivity contribution is 7.11. The van der Waals surface area contributed by atoms with Gasteiger partial charge in [0.15, 0.2) is 0 Å². The van der Waals surface area contributed by atoms with Gasteiger partial charge in [-0.2, -0.15) is 0 Å².